The standard InChI is InChI=1S/C24H19N3O2S/c28-22-14-18(17-5-1-2-6-19(17)26-22)24(29)25-16-11-9-15(10-12-16)13-23-27-20-7-3-4-8-21(20)30-23/h1-12,18H,13-14H2,(H,25,29)(H,26,28). The number of nitrogens with zero attached hydrogens (tertiary/aromatic N) is 1. The van der Waals surface area contributed by atoms with Crippen LogP contribution < -0.4 is 10.6 Å². The fourth-order valence-electron chi connectivity index (χ4n) is 3.75. The van der Waals surface area contributed by atoms with Crippen LogP contribution in [0.15, 0.2) is 72.8 Å². The number of anilines is 2. The van der Waals surface area contributed by atoms with Crippen molar-refractivity contribution in [2.45, 2.75) is 18.8 Å². The quantitative estimate of drug-likeness (QED) is 0.497. The Labute approximate surface area is 177 Å². The van der Waals surface area contributed by atoms with E-state index in [1.54, 1.807) is 11.3 Å². The van der Waals surface area contributed by atoms with Crippen molar-refractivity contribution in [1.82, 2.24) is 4.98 Å². The largest absolute Gasteiger partial charge is 0.326 e. The number of carbonyl (C=O) groups excluding carboxylic acids is 2. The fraction of sp³-hybridized carbons (Fsp3) is 0.125. The summed E-state index contributed by atoms with van der Waals surface area (Å²) in [5.41, 5.74) is 4.44. The summed E-state index contributed by atoms with van der Waals surface area (Å²) in [5, 5.41) is 6.85. The van der Waals surface area contributed by atoms with Crippen LogP contribution in [0, 0.1) is 0 Å². The maximum absolute atomic E-state index is 12.9. The van der Waals surface area contributed by atoms with Gasteiger partial charge in [0.15, 0.2) is 0 Å². The van der Waals surface area contributed by atoms with Crippen LogP contribution in [-0.4, -0.2) is 16.8 Å². The third-order valence-corrected chi connectivity index (χ3v) is 6.27. The Kier molecular flexibility index (Phi) is 4.77. The molecule has 1 aliphatic rings. The van der Waals surface area contributed by atoms with Crippen molar-refractivity contribution in [1.29, 1.82) is 0 Å². The predicted octanol–water partition coefficient (Wildman–Crippen LogP) is 4.95. The average molecular weight is 414 g/mol. The van der Waals surface area contributed by atoms with Crippen molar-refractivity contribution in [2.24, 2.45) is 0 Å². The fourth-order valence-corrected chi connectivity index (χ4v) is 4.75. The van der Waals surface area contributed by atoms with E-state index in [2.05, 4.69) is 21.7 Å². The number of hydrogen-bond acceptors (Lipinski definition) is 4. The zero-order valence-corrected chi connectivity index (χ0v) is 16.9. The van der Waals surface area contributed by atoms with Crippen LogP contribution in [0.25, 0.3) is 10.2 Å². The topological polar surface area (TPSA) is 71.1 Å². The monoisotopic (exact) mass is 413 g/mol. The van der Waals surface area contributed by atoms with Gasteiger partial charge in [0.05, 0.1) is 21.1 Å². The number of para-hydroxylation sites is 2. The minimum absolute atomic E-state index is 0.139. The van der Waals surface area contributed by atoms with Crippen molar-refractivity contribution in [3.05, 3.63) is 88.9 Å². The van der Waals surface area contributed by atoms with Crippen molar-refractivity contribution in [3.63, 3.8) is 0 Å². The third kappa shape index (κ3) is 3.69. The summed E-state index contributed by atoms with van der Waals surface area (Å²) in [4.78, 5) is 29.5. The van der Waals surface area contributed by atoms with Gasteiger partial charge in [0.1, 0.15) is 0 Å². The van der Waals surface area contributed by atoms with Gasteiger partial charge in [-0.2, -0.15) is 0 Å². The summed E-state index contributed by atoms with van der Waals surface area (Å²) in [6.45, 7) is 0. The van der Waals surface area contributed by atoms with E-state index in [-0.39, 0.29) is 18.2 Å². The SMILES string of the molecule is O=C1CC(C(=O)Nc2ccc(Cc3nc4ccccc4s3)cc2)c2ccccc2N1. The molecule has 5 nitrogen and oxygen atoms in total. The molecule has 1 aliphatic heterocycles. The van der Waals surface area contributed by atoms with E-state index in [9.17, 15) is 9.59 Å². The maximum atomic E-state index is 12.9. The molecule has 0 fully saturated rings. The van der Waals surface area contributed by atoms with E-state index in [1.165, 1.54) is 4.70 Å². The Morgan fingerprint density at radius 2 is 1.80 bits per heavy atom. The van der Waals surface area contributed by atoms with E-state index < -0.39 is 5.92 Å². The van der Waals surface area contributed by atoms with Crippen LogP contribution in [0.3, 0.4) is 0 Å². The van der Waals surface area contributed by atoms with Crippen LogP contribution in [0.5, 0.6) is 0 Å². The Morgan fingerprint density at radius 3 is 2.63 bits per heavy atom. The molecule has 0 saturated carbocycles. The smallest absolute Gasteiger partial charge is 0.232 e. The van der Waals surface area contributed by atoms with Gasteiger partial charge in [-0.15, -0.1) is 11.3 Å². The minimum Gasteiger partial charge on any atom is -0.326 e. The minimum atomic E-state index is -0.489. The summed E-state index contributed by atoms with van der Waals surface area (Å²) in [6, 6.07) is 23.4. The predicted molar refractivity (Wildman–Crippen MR) is 120 cm³/mol. The lowest BCUT2D eigenvalue weighted by atomic mass is 9.90. The second-order valence-electron chi connectivity index (χ2n) is 7.33. The maximum Gasteiger partial charge on any atom is 0.232 e. The van der Waals surface area contributed by atoms with Gasteiger partial charge in [0.2, 0.25) is 11.8 Å². The lowest BCUT2D eigenvalue weighted by Gasteiger charge is -2.24. The molecule has 2 amide bonds. The normalized spacial score (nSPS) is 15.5. The number of aromatic nitrogens is 1. The highest BCUT2D eigenvalue weighted by Gasteiger charge is 2.30. The van der Waals surface area contributed by atoms with Crippen molar-refractivity contribution >= 4 is 44.7 Å². The number of thiazole rings is 1. The molecular weight excluding hydrogens is 394 g/mol. The molecule has 0 aliphatic carbocycles. The highest BCUT2D eigenvalue weighted by Crippen LogP contribution is 2.33. The lowest BCUT2D eigenvalue weighted by molar-refractivity contribution is -0.123. The molecule has 0 radical (unpaired) electrons. The van der Waals surface area contributed by atoms with E-state index in [1.807, 2.05) is 66.7 Å². The third-order valence-electron chi connectivity index (χ3n) is 5.23. The number of hydrogen-bond donors (Lipinski definition) is 2. The molecule has 6 heteroatoms. The molecule has 2 heterocycles. The van der Waals surface area contributed by atoms with Gasteiger partial charge in [-0.1, -0.05) is 42.5 Å². The number of carbonyl (C=O) groups is 2. The molecule has 5 rings (SSSR count). The Hall–Kier alpha value is -3.51. The summed E-state index contributed by atoms with van der Waals surface area (Å²) in [6.07, 6.45) is 0.905. The molecular formula is C24H19N3O2S. The van der Waals surface area contributed by atoms with Gasteiger partial charge in [-0.05, 0) is 41.5 Å². The number of rotatable bonds is 4. The van der Waals surface area contributed by atoms with Crippen LogP contribution >= 0.6 is 11.3 Å². The Balaban J connectivity index is 1.29. The average Bonchev–Trinajstić information content (AvgIpc) is 3.16. The molecule has 0 saturated heterocycles. The Bertz CT molecular complexity index is 1210. The molecule has 4 aromatic rings. The van der Waals surface area contributed by atoms with E-state index >= 15 is 0 Å². The second kappa shape index (κ2) is 7.72. The highest BCUT2D eigenvalue weighted by molar-refractivity contribution is 7.18. The highest BCUT2D eigenvalue weighted by atomic mass is 32.1. The lowest BCUT2D eigenvalue weighted by Crippen LogP contribution is -2.30. The van der Waals surface area contributed by atoms with Crippen LogP contribution in [0.2, 0.25) is 0 Å². The summed E-state index contributed by atoms with van der Waals surface area (Å²) >= 11 is 1.70. The molecule has 148 valence electrons. The molecule has 3 aromatic carbocycles. The van der Waals surface area contributed by atoms with Gasteiger partial charge in [-0.3, -0.25) is 9.59 Å². The van der Waals surface area contributed by atoms with E-state index in [4.69, 9.17) is 0 Å². The molecule has 0 spiro atoms. The molecule has 0 bridgehead atoms. The van der Waals surface area contributed by atoms with Crippen molar-refractivity contribution in [3.8, 4) is 0 Å². The molecule has 1 aromatic heterocycles. The zero-order chi connectivity index (χ0) is 20.5. The van der Waals surface area contributed by atoms with Gasteiger partial charge in [0, 0.05) is 24.2 Å². The number of amides is 2. The van der Waals surface area contributed by atoms with Crippen LogP contribution in [-0.2, 0) is 16.0 Å². The number of nitrogens with one attached hydrogen (secondary N) is 2. The van der Waals surface area contributed by atoms with E-state index in [0.29, 0.717) is 5.69 Å². The molecule has 1 unspecified atom stereocenters. The van der Waals surface area contributed by atoms with Gasteiger partial charge in [-0.25, -0.2) is 4.98 Å². The van der Waals surface area contributed by atoms with E-state index in [0.717, 1.165) is 33.8 Å². The van der Waals surface area contributed by atoms with Crippen LogP contribution in [0.1, 0.15) is 28.5 Å². The van der Waals surface area contributed by atoms with Crippen LogP contribution in [0.4, 0.5) is 11.4 Å². The number of fused-ring (bicyclic) bond motifs is 2. The summed E-state index contributed by atoms with van der Waals surface area (Å²) in [7, 11) is 0. The van der Waals surface area contributed by atoms with Gasteiger partial charge >= 0.3 is 0 Å². The first-order valence-corrected chi connectivity index (χ1v) is 10.6. The first-order valence-electron chi connectivity index (χ1n) is 9.79. The first-order chi connectivity index (χ1) is 14.7. The summed E-state index contributed by atoms with van der Waals surface area (Å²) in [5.74, 6) is -0.798. The zero-order valence-electron chi connectivity index (χ0n) is 16.1. The molecule has 30 heavy (non-hydrogen) atoms. The first kappa shape index (κ1) is 18.5. The second-order valence-corrected chi connectivity index (χ2v) is 8.45. The number of benzene rings is 3. The molecule has 1 atom stereocenters. The summed E-state index contributed by atoms with van der Waals surface area (Å²) < 4.78 is 1.19. The molecule has 2 N–H and O–H groups in total. The van der Waals surface area contributed by atoms with Crippen molar-refractivity contribution < 1.29 is 9.59 Å². The Morgan fingerprint density at radius 1 is 1.03 bits per heavy atom. The van der Waals surface area contributed by atoms with Gasteiger partial charge in [0.25, 0.3) is 0 Å². The van der Waals surface area contributed by atoms with Crippen molar-refractivity contribution in [2.75, 3.05) is 10.6 Å². The van der Waals surface area contributed by atoms with Gasteiger partial charge < -0.3 is 10.6 Å².